The molecule has 0 aliphatic rings. The van der Waals surface area contributed by atoms with Crippen LogP contribution >= 0.6 is 0 Å². The molecule has 1 amide bonds. The molecule has 0 bridgehead atoms. The van der Waals surface area contributed by atoms with Gasteiger partial charge in [-0.15, -0.1) is 0 Å². The van der Waals surface area contributed by atoms with Crippen LogP contribution in [0.5, 0.6) is 0 Å². The van der Waals surface area contributed by atoms with Crippen molar-refractivity contribution in [2.75, 3.05) is 6.54 Å². The number of carbonyl (C=O) groups excluding carboxylic acids is 1. The SMILES string of the molecule is Cc1ccc(C)c(S(=O)(=O)[C@@H](CNC(=O)c2cccnc2)c2ccco2)c1. The molecule has 0 aliphatic heterocycles. The maximum absolute atomic E-state index is 13.3. The van der Waals surface area contributed by atoms with Gasteiger partial charge in [-0.1, -0.05) is 12.1 Å². The fourth-order valence-corrected chi connectivity index (χ4v) is 4.71. The number of benzene rings is 1. The number of amides is 1. The summed E-state index contributed by atoms with van der Waals surface area (Å²) in [5, 5.41) is 1.65. The minimum Gasteiger partial charge on any atom is -0.468 e. The lowest BCUT2D eigenvalue weighted by atomic mass is 10.2. The Hall–Kier alpha value is -2.93. The van der Waals surface area contributed by atoms with E-state index in [1.807, 2.05) is 13.0 Å². The summed E-state index contributed by atoms with van der Waals surface area (Å²) in [5.74, 6) is -0.113. The monoisotopic (exact) mass is 384 g/mol. The number of nitrogens with zero attached hydrogens (tertiary/aromatic N) is 1. The Kier molecular flexibility index (Phi) is 5.41. The molecular formula is C20H20N2O4S. The Morgan fingerprint density at radius 3 is 2.67 bits per heavy atom. The normalized spacial score (nSPS) is 12.5. The number of pyridine rings is 1. The Labute approximate surface area is 158 Å². The summed E-state index contributed by atoms with van der Waals surface area (Å²) in [7, 11) is -3.78. The Morgan fingerprint density at radius 1 is 1.19 bits per heavy atom. The number of rotatable bonds is 6. The quantitative estimate of drug-likeness (QED) is 0.705. The zero-order valence-electron chi connectivity index (χ0n) is 15.0. The molecule has 0 radical (unpaired) electrons. The average Bonchev–Trinajstić information content (AvgIpc) is 3.18. The van der Waals surface area contributed by atoms with Crippen LogP contribution in [0.15, 0.2) is 70.4 Å². The highest BCUT2D eigenvalue weighted by atomic mass is 32.2. The van der Waals surface area contributed by atoms with Crippen molar-refractivity contribution in [2.24, 2.45) is 0 Å². The van der Waals surface area contributed by atoms with Crippen LogP contribution in [0.25, 0.3) is 0 Å². The maximum Gasteiger partial charge on any atom is 0.252 e. The number of hydrogen-bond acceptors (Lipinski definition) is 5. The number of carbonyl (C=O) groups is 1. The summed E-state index contributed by atoms with van der Waals surface area (Å²) >= 11 is 0. The van der Waals surface area contributed by atoms with Gasteiger partial charge in [-0.2, -0.15) is 0 Å². The number of nitrogens with one attached hydrogen (secondary N) is 1. The summed E-state index contributed by atoms with van der Waals surface area (Å²) < 4.78 is 32.0. The van der Waals surface area contributed by atoms with E-state index in [0.717, 1.165) is 5.56 Å². The third-order valence-corrected chi connectivity index (χ3v) is 6.46. The van der Waals surface area contributed by atoms with Gasteiger partial charge in [0.05, 0.1) is 16.7 Å². The first-order chi connectivity index (χ1) is 12.9. The first-order valence-corrected chi connectivity index (χ1v) is 9.97. The molecule has 0 fully saturated rings. The molecule has 0 spiro atoms. The van der Waals surface area contributed by atoms with Gasteiger partial charge < -0.3 is 9.73 Å². The van der Waals surface area contributed by atoms with Gasteiger partial charge >= 0.3 is 0 Å². The molecule has 1 N–H and O–H groups in total. The number of hydrogen-bond donors (Lipinski definition) is 1. The second-order valence-electron chi connectivity index (χ2n) is 6.27. The zero-order valence-corrected chi connectivity index (χ0v) is 15.9. The minimum atomic E-state index is -3.78. The Bertz CT molecular complexity index is 1030. The van der Waals surface area contributed by atoms with Crippen molar-refractivity contribution in [2.45, 2.75) is 24.0 Å². The molecule has 0 unspecified atom stereocenters. The highest BCUT2D eigenvalue weighted by Gasteiger charge is 2.33. The van der Waals surface area contributed by atoms with E-state index in [-0.39, 0.29) is 17.2 Å². The highest BCUT2D eigenvalue weighted by Crippen LogP contribution is 2.31. The summed E-state index contributed by atoms with van der Waals surface area (Å²) in [6, 6.07) is 11.8. The predicted molar refractivity (Wildman–Crippen MR) is 101 cm³/mol. The van der Waals surface area contributed by atoms with E-state index in [9.17, 15) is 13.2 Å². The molecule has 0 aliphatic carbocycles. The van der Waals surface area contributed by atoms with Crippen molar-refractivity contribution in [3.05, 3.63) is 83.6 Å². The standard InChI is InChI=1S/C20H20N2O4S/c1-14-7-8-15(2)18(11-14)27(24,25)19(17-6-4-10-26-17)13-22-20(23)16-5-3-9-21-12-16/h3-12,19H,13H2,1-2H3,(H,22,23)/t19-/m0/s1. The van der Waals surface area contributed by atoms with Gasteiger partial charge in [-0.05, 0) is 55.3 Å². The molecule has 0 saturated carbocycles. The van der Waals surface area contributed by atoms with E-state index in [1.165, 1.54) is 12.5 Å². The van der Waals surface area contributed by atoms with E-state index in [2.05, 4.69) is 10.3 Å². The van der Waals surface area contributed by atoms with Gasteiger partial charge in [0.1, 0.15) is 11.0 Å². The maximum atomic E-state index is 13.3. The van der Waals surface area contributed by atoms with Gasteiger partial charge in [0.25, 0.3) is 5.91 Å². The van der Waals surface area contributed by atoms with E-state index in [0.29, 0.717) is 11.1 Å². The van der Waals surface area contributed by atoms with Gasteiger partial charge in [0, 0.05) is 18.9 Å². The van der Waals surface area contributed by atoms with E-state index >= 15 is 0 Å². The molecule has 2 heterocycles. The number of furan rings is 1. The van der Waals surface area contributed by atoms with Gasteiger partial charge in [-0.3, -0.25) is 9.78 Å². The minimum absolute atomic E-state index is 0.114. The fourth-order valence-electron chi connectivity index (χ4n) is 2.79. The van der Waals surface area contributed by atoms with Gasteiger partial charge in [0.15, 0.2) is 9.84 Å². The van der Waals surface area contributed by atoms with Crippen LogP contribution in [-0.4, -0.2) is 25.9 Å². The van der Waals surface area contributed by atoms with E-state index in [1.54, 1.807) is 49.5 Å². The lowest BCUT2D eigenvalue weighted by Crippen LogP contribution is -2.32. The molecule has 0 saturated heterocycles. The molecule has 7 heteroatoms. The van der Waals surface area contributed by atoms with E-state index in [4.69, 9.17) is 4.42 Å². The van der Waals surface area contributed by atoms with Crippen LogP contribution < -0.4 is 5.32 Å². The lowest BCUT2D eigenvalue weighted by Gasteiger charge is -2.18. The van der Waals surface area contributed by atoms with Gasteiger partial charge in [0.2, 0.25) is 0 Å². The van der Waals surface area contributed by atoms with Crippen LogP contribution in [0.1, 0.15) is 32.5 Å². The topological polar surface area (TPSA) is 89.3 Å². The molecule has 140 valence electrons. The van der Waals surface area contributed by atoms with Crippen LogP contribution in [0.3, 0.4) is 0 Å². The second kappa shape index (κ2) is 7.75. The first-order valence-electron chi connectivity index (χ1n) is 8.42. The number of aryl methyl sites for hydroxylation is 2. The molecule has 1 atom stereocenters. The van der Waals surface area contributed by atoms with Crippen LogP contribution in [0.2, 0.25) is 0 Å². The van der Waals surface area contributed by atoms with Crippen molar-refractivity contribution >= 4 is 15.7 Å². The zero-order chi connectivity index (χ0) is 19.4. The molecule has 3 aromatic rings. The molecular weight excluding hydrogens is 364 g/mol. The van der Waals surface area contributed by atoms with Crippen LogP contribution in [0, 0.1) is 13.8 Å². The third-order valence-electron chi connectivity index (χ3n) is 4.26. The Balaban J connectivity index is 1.92. The van der Waals surface area contributed by atoms with Crippen molar-refractivity contribution in [1.29, 1.82) is 0 Å². The van der Waals surface area contributed by atoms with E-state index < -0.39 is 21.0 Å². The Morgan fingerprint density at radius 2 is 2.00 bits per heavy atom. The van der Waals surface area contributed by atoms with Crippen molar-refractivity contribution in [1.82, 2.24) is 10.3 Å². The van der Waals surface area contributed by atoms with Crippen molar-refractivity contribution < 1.29 is 17.6 Å². The fraction of sp³-hybridized carbons (Fsp3) is 0.200. The summed E-state index contributed by atoms with van der Waals surface area (Å²) in [5.41, 5.74) is 1.85. The van der Waals surface area contributed by atoms with Crippen molar-refractivity contribution in [3.8, 4) is 0 Å². The van der Waals surface area contributed by atoms with Crippen molar-refractivity contribution in [3.63, 3.8) is 0 Å². The molecule has 6 nitrogen and oxygen atoms in total. The molecule has 1 aromatic carbocycles. The average molecular weight is 384 g/mol. The summed E-state index contributed by atoms with van der Waals surface area (Å²) in [4.78, 5) is 16.5. The summed E-state index contributed by atoms with van der Waals surface area (Å²) in [6.07, 6.45) is 4.41. The van der Waals surface area contributed by atoms with Gasteiger partial charge in [-0.25, -0.2) is 8.42 Å². The second-order valence-corrected chi connectivity index (χ2v) is 8.37. The largest absolute Gasteiger partial charge is 0.468 e. The smallest absolute Gasteiger partial charge is 0.252 e. The lowest BCUT2D eigenvalue weighted by molar-refractivity contribution is 0.0953. The number of sulfone groups is 1. The third kappa shape index (κ3) is 4.09. The molecule has 3 rings (SSSR count). The van der Waals surface area contributed by atoms with Crippen LogP contribution in [0.4, 0.5) is 0 Å². The predicted octanol–water partition coefficient (Wildman–Crippen LogP) is 3.24. The first kappa shape index (κ1) is 18.8. The molecule has 27 heavy (non-hydrogen) atoms. The highest BCUT2D eigenvalue weighted by molar-refractivity contribution is 7.91. The van der Waals surface area contributed by atoms with Crippen LogP contribution in [-0.2, 0) is 9.84 Å². The summed E-state index contributed by atoms with van der Waals surface area (Å²) in [6.45, 7) is 3.47. The number of aromatic nitrogens is 1. The molecule has 2 aromatic heterocycles.